The number of benzene rings is 7. The third-order valence-corrected chi connectivity index (χ3v) is 8.97. The molecule has 3 nitrogen and oxygen atoms in total. The Bertz CT molecular complexity index is 2680. The predicted molar refractivity (Wildman–Crippen MR) is 177 cm³/mol. The summed E-state index contributed by atoms with van der Waals surface area (Å²) >= 11 is 0. The van der Waals surface area contributed by atoms with E-state index in [0.717, 1.165) is 66.0 Å². The standard InChI is InChI=1S/C40H22O3/c1-3-12-26-24(10-1)36(30-15-8-18-35-38(30)32-19-20-33-29(21-22-41-33)40(32)43-35)25-11-2-4-13-27(25)37(26)31-16-7-14-28-23-9-5-6-17-34(23)42-39(28)31/h1-22H. The summed E-state index contributed by atoms with van der Waals surface area (Å²) in [5, 5.41) is 10.2. The fraction of sp³-hybridized carbons (Fsp3) is 0. The third kappa shape index (κ3) is 3.03. The zero-order chi connectivity index (χ0) is 28.1. The van der Waals surface area contributed by atoms with Crippen LogP contribution in [0.1, 0.15) is 0 Å². The van der Waals surface area contributed by atoms with Crippen molar-refractivity contribution in [1.82, 2.24) is 0 Å². The minimum Gasteiger partial charge on any atom is -0.464 e. The van der Waals surface area contributed by atoms with Crippen LogP contribution in [0.15, 0.2) is 147 Å². The van der Waals surface area contributed by atoms with Crippen molar-refractivity contribution in [1.29, 1.82) is 0 Å². The van der Waals surface area contributed by atoms with Gasteiger partial charge in [-0.25, -0.2) is 0 Å². The summed E-state index contributed by atoms with van der Waals surface area (Å²) in [7, 11) is 0. The van der Waals surface area contributed by atoms with E-state index in [1.807, 2.05) is 24.3 Å². The summed E-state index contributed by atoms with van der Waals surface area (Å²) < 4.78 is 18.8. The molecule has 3 heterocycles. The van der Waals surface area contributed by atoms with Gasteiger partial charge >= 0.3 is 0 Å². The third-order valence-electron chi connectivity index (χ3n) is 8.97. The number of furan rings is 3. The molecule has 10 aromatic rings. The van der Waals surface area contributed by atoms with Crippen molar-refractivity contribution in [3.8, 4) is 22.3 Å². The molecule has 0 unspecified atom stereocenters. The molecule has 0 saturated carbocycles. The minimum atomic E-state index is 0.827. The van der Waals surface area contributed by atoms with Gasteiger partial charge in [-0.3, -0.25) is 0 Å². The summed E-state index contributed by atoms with van der Waals surface area (Å²) in [4.78, 5) is 0. The molecule has 0 fully saturated rings. The maximum atomic E-state index is 6.55. The van der Waals surface area contributed by atoms with Gasteiger partial charge in [0.1, 0.15) is 27.9 Å². The Balaban J connectivity index is 1.37. The monoisotopic (exact) mass is 550 g/mol. The van der Waals surface area contributed by atoms with E-state index in [9.17, 15) is 0 Å². The van der Waals surface area contributed by atoms with Gasteiger partial charge in [-0.15, -0.1) is 0 Å². The number of fused-ring (bicyclic) bond motifs is 10. The van der Waals surface area contributed by atoms with E-state index in [0.29, 0.717) is 0 Å². The van der Waals surface area contributed by atoms with Gasteiger partial charge in [-0.1, -0.05) is 97.1 Å². The molecule has 0 amide bonds. The highest BCUT2D eigenvalue weighted by atomic mass is 16.3. The molecule has 0 bridgehead atoms. The number of hydrogen-bond donors (Lipinski definition) is 0. The number of rotatable bonds is 2. The molecule has 200 valence electrons. The second kappa shape index (κ2) is 8.37. The van der Waals surface area contributed by atoms with Crippen LogP contribution < -0.4 is 0 Å². The molecule has 0 aliphatic carbocycles. The van der Waals surface area contributed by atoms with Crippen molar-refractivity contribution in [2.45, 2.75) is 0 Å². The molecule has 3 aromatic heterocycles. The fourth-order valence-corrected chi connectivity index (χ4v) is 7.19. The number of hydrogen-bond acceptors (Lipinski definition) is 3. The molecular weight excluding hydrogens is 528 g/mol. The normalized spacial score (nSPS) is 12.2. The Morgan fingerprint density at radius 2 is 0.907 bits per heavy atom. The van der Waals surface area contributed by atoms with Crippen molar-refractivity contribution in [3.63, 3.8) is 0 Å². The first kappa shape index (κ1) is 22.8. The van der Waals surface area contributed by atoms with Crippen molar-refractivity contribution >= 4 is 76.4 Å². The zero-order valence-corrected chi connectivity index (χ0v) is 22.9. The van der Waals surface area contributed by atoms with Gasteiger partial charge in [0.15, 0.2) is 0 Å². The lowest BCUT2D eigenvalue weighted by Gasteiger charge is -2.18. The molecular formula is C40H22O3. The van der Waals surface area contributed by atoms with Crippen LogP contribution in [0.2, 0.25) is 0 Å². The van der Waals surface area contributed by atoms with Gasteiger partial charge in [0.25, 0.3) is 0 Å². The second-order valence-corrected chi connectivity index (χ2v) is 11.2. The Labute approximate surface area is 245 Å². The predicted octanol–water partition coefficient (Wildman–Crippen LogP) is 11.9. The van der Waals surface area contributed by atoms with E-state index >= 15 is 0 Å². The smallest absolute Gasteiger partial charge is 0.146 e. The van der Waals surface area contributed by atoms with Crippen molar-refractivity contribution < 1.29 is 13.3 Å². The highest BCUT2D eigenvalue weighted by Gasteiger charge is 2.22. The van der Waals surface area contributed by atoms with Crippen LogP contribution in [-0.4, -0.2) is 0 Å². The van der Waals surface area contributed by atoms with E-state index in [1.165, 1.54) is 32.7 Å². The van der Waals surface area contributed by atoms with Crippen molar-refractivity contribution in [2.24, 2.45) is 0 Å². The van der Waals surface area contributed by atoms with Crippen LogP contribution in [0, 0.1) is 0 Å². The molecule has 0 atom stereocenters. The highest BCUT2D eigenvalue weighted by Crippen LogP contribution is 2.49. The first-order valence-corrected chi connectivity index (χ1v) is 14.5. The average Bonchev–Trinajstić information content (AvgIpc) is 3.79. The maximum absolute atomic E-state index is 6.55. The van der Waals surface area contributed by atoms with E-state index in [-0.39, 0.29) is 0 Å². The highest BCUT2D eigenvalue weighted by molar-refractivity contribution is 6.28. The maximum Gasteiger partial charge on any atom is 0.146 e. The first-order valence-electron chi connectivity index (χ1n) is 14.5. The Morgan fingerprint density at radius 1 is 0.326 bits per heavy atom. The van der Waals surface area contributed by atoms with Gasteiger partial charge in [0.05, 0.1) is 11.6 Å². The molecule has 0 N–H and O–H groups in total. The van der Waals surface area contributed by atoms with Gasteiger partial charge in [0, 0.05) is 32.7 Å². The summed E-state index contributed by atoms with van der Waals surface area (Å²) in [5.41, 5.74) is 9.01. The van der Waals surface area contributed by atoms with Crippen LogP contribution in [0.5, 0.6) is 0 Å². The van der Waals surface area contributed by atoms with Crippen LogP contribution in [0.25, 0.3) is 98.6 Å². The van der Waals surface area contributed by atoms with Gasteiger partial charge in [-0.05, 0) is 63.0 Å². The summed E-state index contributed by atoms with van der Waals surface area (Å²) in [6.07, 6.45) is 1.72. The largest absolute Gasteiger partial charge is 0.464 e. The molecule has 0 saturated heterocycles. The van der Waals surface area contributed by atoms with E-state index in [2.05, 4.69) is 103 Å². The van der Waals surface area contributed by atoms with E-state index in [4.69, 9.17) is 13.3 Å². The topological polar surface area (TPSA) is 39.4 Å². The second-order valence-electron chi connectivity index (χ2n) is 11.2. The Kier molecular flexibility index (Phi) is 4.45. The number of para-hydroxylation sites is 2. The minimum absolute atomic E-state index is 0.827. The van der Waals surface area contributed by atoms with Crippen LogP contribution in [0.3, 0.4) is 0 Å². The molecule has 7 aromatic carbocycles. The van der Waals surface area contributed by atoms with Gasteiger partial charge in [-0.2, -0.15) is 0 Å². The molecule has 43 heavy (non-hydrogen) atoms. The summed E-state index contributed by atoms with van der Waals surface area (Å²) in [5.74, 6) is 0. The molecule has 0 aliphatic heterocycles. The molecule has 0 aliphatic rings. The summed E-state index contributed by atoms with van der Waals surface area (Å²) in [6.45, 7) is 0. The summed E-state index contributed by atoms with van der Waals surface area (Å²) in [6, 6.07) is 44.8. The fourth-order valence-electron chi connectivity index (χ4n) is 7.19. The van der Waals surface area contributed by atoms with Crippen molar-refractivity contribution in [3.05, 3.63) is 134 Å². The lowest BCUT2D eigenvalue weighted by molar-refractivity contribution is 0.615. The molecule has 3 heteroatoms. The molecule has 0 spiro atoms. The Hall–Kier alpha value is -5.80. The van der Waals surface area contributed by atoms with Crippen LogP contribution in [-0.2, 0) is 0 Å². The van der Waals surface area contributed by atoms with Crippen LogP contribution in [0.4, 0.5) is 0 Å². The Morgan fingerprint density at radius 3 is 1.67 bits per heavy atom. The van der Waals surface area contributed by atoms with Crippen molar-refractivity contribution in [2.75, 3.05) is 0 Å². The molecule has 0 radical (unpaired) electrons. The lowest BCUT2D eigenvalue weighted by Crippen LogP contribution is -1.91. The van der Waals surface area contributed by atoms with E-state index in [1.54, 1.807) is 6.26 Å². The van der Waals surface area contributed by atoms with Gasteiger partial charge in [0.2, 0.25) is 0 Å². The molecule has 10 rings (SSSR count). The van der Waals surface area contributed by atoms with E-state index < -0.39 is 0 Å². The average molecular weight is 551 g/mol. The first-order chi connectivity index (χ1) is 21.3. The van der Waals surface area contributed by atoms with Crippen LogP contribution >= 0.6 is 0 Å². The SMILES string of the molecule is c1ccc2c(c1)oc1c(-c3c4ccccc4c(-c4cccc5oc6c7ccoc7ccc6c45)c4ccccc34)cccc12. The van der Waals surface area contributed by atoms with Gasteiger partial charge < -0.3 is 13.3 Å². The zero-order valence-electron chi connectivity index (χ0n) is 22.9. The lowest BCUT2D eigenvalue weighted by atomic mass is 9.84. The quantitative estimate of drug-likeness (QED) is 0.201.